The third kappa shape index (κ3) is 4.45. The van der Waals surface area contributed by atoms with Gasteiger partial charge in [-0.25, -0.2) is 14.4 Å². The fourth-order valence-corrected chi connectivity index (χ4v) is 3.97. The number of pyridine rings is 1. The summed E-state index contributed by atoms with van der Waals surface area (Å²) >= 11 is 0. The summed E-state index contributed by atoms with van der Waals surface area (Å²) in [6.07, 6.45) is 4.13. The number of hydrogen-bond acceptors (Lipinski definition) is 7. The lowest BCUT2D eigenvalue weighted by molar-refractivity contribution is 0.246. The predicted molar refractivity (Wildman–Crippen MR) is 119 cm³/mol. The lowest BCUT2D eigenvalue weighted by atomic mass is 10.1. The van der Waals surface area contributed by atoms with Gasteiger partial charge in [0.15, 0.2) is 11.6 Å². The van der Waals surface area contributed by atoms with Gasteiger partial charge in [-0.1, -0.05) is 12.1 Å². The van der Waals surface area contributed by atoms with Gasteiger partial charge in [-0.2, -0.15) is 0 Å². The largest absolute Gasteiger partial charge is 0.392 e. The maximum absolute atomic E-state index is 14.3. The van der Waals surface area contributed by atoms with Crippen molar-refractivity contribution < 1.29 is 9.50 Å². The van der Waals surface area contributed by atoms with Crippen LogP contribution in [-0.4, -0.2) is 57.2 Å². The van der Waals surface area contributed by atoms with Crippen LogP contribution in [0.5, 0.6) is 0 Å². The molecule has 5 rings (SSSR count). The second kappa shape index (κ2) is 8.36. The van der Waals surface area contributed by atoms with Gasteiger partial charge in [0.1, 0.15) is 11.3 Å². The highest BCUT2D eigenvalue weighted by molar-refractivity contribution is 5.80. The number of nitrogens with zero attached hydrogens (tertiary/aromatic N) is 5. The third-order valence-electron chi connectivity index (χ3n) is 5.95. The molecular formula is C23H27FN6O. The van der Waals surface area contributed by atoms with E-state index >= 15 is 0 Å². The van der Waals surface area contributed by atoms with Crippen LogP contribution in [0.3, 0.4) is 0 Å². The van der Waals surface area contributed by atoms with E-state index in [9.17, 15) is 4.39 Å². The van der Waals surface area contributed by atoms with Crippen LogP contribution in [-0.2, 0) is 13.2 Å². The van der Waals surface area contributed by atoms with E-state index in [1.807, 2.05) is 13.0 Å². The van der Waals surface area contributed by atoms with Crippen molar-refractivity contribution >= 4 is 22.7 Å². The Kier molecular flexibility index (Phi) is 5.41. The summed E-state index contributed by atoms with van der Waals surface area (Å²) in [7, 11) is 0. The first-order valence-electron chi connectivity index (χ1n) is 10.9. The Labute approximate surface area is 180 Å². The van der Waals surface area contributed by atoms with E-state index < -0.39 is 0 Å². The molecule has 0 unspecified atom stereocenters. The summed E-state index contributed by atoms with van der Waals surface area (Å²) in [6.45, 7) is 5.61. The molecule has 2 aliphatic rings. The summed E-state index contributed by atoms with van der Waals surface area (Å²) in [5, 5.41) is 12.7. The number of aliphatic hydroxyl groups is 1. The van der Waals surface area contributed by atoms with Gasteiger partial charge in [-0.05, 0) is 37.5 Å². The van der Waals surface area contributed by atoms with Gasteiger partial charge in [-0.3, -0.25) is 9.88 Å². The minimum absolute atomic E-state index is 0.144. The van der Waals surface area contributed by atoms with E-state index in [-0.39, 0.29) is 12.4 Å². The van der Waals surface area contributed by atoms with Crippen molar-refractivity contribution in [2.75, 3.05) is 36.4 Å². The van der Waals surface area contributed by atoms with Crippen molar-refractivity contribution in [2.45, 2.75) is 39.0 Å². The molecule has 162 valence electrons. The molecule has 2 aromatic heterocycles. The minimum Gasteiger partial charge on any atom is -0.392 e. The standard InChI is InChI=1S/C23H27FN6O/c1-15-10-20-21(12-25-15)28-23(22(27-20)26-18-4-5-18)30-8-6-29(7-9-30)13-17-3-2-16(14-31)11-19(17)24/h2-3,10-12,18,31H,4-9,13-14H2,1H3,(H,26,27). The summed E-state index contributed by atoms with van der Waals surface area (Å²) in [6, 6.07) is 7.43. The molecule has 8 heteroatoms. The molecule has 1 saturated carbocycles. The van der Waals surface area contributed by atoms with Crippen LogP contribution < -0.4 is 10.2 Å². The Morgan fingerprint density at radius 3 is 2.61 bits per heavy atom. The predicted octanol–water partition coefficient (Wildman–Crippen LogP) is 2.86. The topological polar surface area (TPSA) is 77.4 Å². The van der Waals surface area contributed by atoms with Crippen LogP contribution in [0, 0.1) is 12.7 Å². The Bertz CT molecular complexity index is 1090. The number of benzene rings is 1. The number of hydrogen-bond donors (Lipinski definition) is 2. The number of aryl methyl sites for hydroxylation is 1. The SMILES string of the molecule is Cc1cc2nc(NC3CC3)c(N3CCN(Cc4ccc(CO)cc4F)CC3)nc2cn1. The van der Waals surface area contributed by atoms with Crippen molar-refractivity contribution in [1.82, 2.24) is 19.9 Å². The number of halogens is 1. The smallest absolute Gasteiger partial charge is 0.172 e. The molecule has 1 aliphatic heterocycles. The Morgan fingerprint density at radius 1 is 1.10 bits per heavy atom. The zero-order valence-electron chi connectivity index (χ0n) is 17.7. The Balaban J connectivity index is 1.32. The molecule has 1 aliphatic carbocycles. The van der Waals surface area contributed by atoms with Crippen LogP contribution in [0.2, 0.25) is 0 Å². The van der Waals surface area contributed by atoms with Crippen LogP contribution in [0.4, 0.5) is 16.0 Å². The summed E-state index contributed by atoms with van der Waals surface area (Å²) in [5.74, 6) is 1.47. The molecule has 31 heavy (non-hydrogen) atoms. The molecule has 0 spiro atoms. The van der Waals surface area contributed by atoms with Crippen molar-refractivity contribution in [1.29, 1.82) is 0 Å². The van der Waals surface area contributed by atoms with Crippen molar-refractivity contribution in [3.05, 3.63) is 53.1 Å². The number of anilines is 2. The van der Waals surface area contributed by atoms with E-state index in [2.05, 4.69) is 20.1 Å². The van der Waals surface area contributed by atoms with Gasteiger partial charge >= 0.3 is 0 Å². The van der Waals surface area contributed by atoms with E-state index in [0.29, 0.717) is 23.7 Å². The van der Waals surface area contributed by atoms with Crippen LogP contribution in [0.25, 0.3) is 11.0 Å². The maximum atomic E-state index is 14.3. The lowest BCUT2D eigenvalue weighted by Gasteiger charge is -2.36. The van der Waals surface area contributed by atoms with Crippen LogP contribution in [0.15, 0.2) is 30.5 Å². The van der Waals surface area contributed by atoms with Crippen molar-refractivity contribution in [3.63, 3.8) is 0 Å². The number of rotatable bonds is 6. The lowest BCUT2D eigenvalue weighted by Crippen LogP contribution is -2.46. The molecule has 3 aromatic rings. The van der Waals surface area contributed by atoms with E-state index in [0.717, 1.165) is 54.5 Å². The Morgan fingerprint density at radius 2 is 1.90 bits per heavy atom. The highest BCUT2D eigenvalue weighted by atomic mass is 19.1. The Hall–Kier alpha value is -2.84. The number of piperazine rings is 1. The van der Waals surface area contributed by atoms with Crippen LogP contribution >= 0.6 is 0 Å². The molecule has 0 bridgehead atoms. The van der Waals surface area contributed by atoms with Crippen LogP contribution in [0.1, 0.15) is 29.7 Å². The van der Waals surface area contributed by atoms with Gasteiger partial charge in [-0.15, -0.1) is 0 Å². The molecule has 2 N–H and O–H groups in total. The maximum Gasteiger partial charge on any atom is 0.172 e. The van der Waals surface area contributed by atoms with E-state index in [4.69, 9.17) is 15.1 Å². The third-order valence-corrected chi connectivity index (χ3v) is 5.95. The normalized spacial score (nSPS) is 17.3. The van der Waals surface area contributed by atoms with Gasteiger partial charge in [0.05, 0.1) is 18.3 Å². The number of aliphatic hydroxyl groups excluding tert-OH is 1. The van der Waals surface area contributed by atoms with Crippen molar-refractivity contribution in [3.8, 4) is 0 Å². The summed E-state index contributed by atoms with van der Waals surface area (Å²) < 4.78 is 14.3. The average Bonchev–Trinajstić information content (AvgIpc) is 3.59. The molecule has 1 aromatic carbocycles. The van der Waals surface area contributed by atoms with Crippen molar-refractivity contribution in [2.24, 2.45) is 0 Å². The molecular weight excluding hydrogens is 395 g/mol. The van der Waals surface area contributed by atoms with Gasteiger partial charge in [0.25, 0.3) is 0 Å². The van der Waals surface area contributed by atoms with Gasteiger partial charge in [0.2, 0.25) is 0 Å². The quantitative estimate of drug-likeness (QED) is 0.633. The molecule has 0 radical (unpaired) electrons. The number of aromatic nitrogens is 3. The molecule has 0 amide bonds. The monoisotopic (exact) mass is 422 g/mol. The molecule has 3 heterocycles. The number of fused-ring (bicyclic) bond motifs is 1. The second-order valence-corrected chi connectivity index (χ2v) is 8.48. The van der Waals surface area contributed by atoms with E-state index in [1.165, 1.54) is 18.9 Å². The first-order valence-corrected chi connectivity index (χ1v) is 10.9. The highest BCUT2D eigenvalue weighted by Crippen LogP contribution is 2.31. The fourth-order valence-electron chi connectivity index (χ4n) is 3.97. The number of nitrogens with one attached hydrogen (secondary N) is 1. The first-order chi connectivity index (χ1) is 15.1. The highest BCUT2D eigenvalue weighted by Gasteiger charge is 2.27. The molecule has 1 saturated heterocycles. The molecule has 0 atom stereocenters. The fraction of sp³-hybridized carbons (Fsp3) is 0.435. The zero-order chi connectivity index (χ0) is 21.4. The minimum atomic E-state index is -0.256. The zero-order valence-corrected chi connectivity index (χ0v) is 17.7. The average molecular weight is 423 g/mol. The molecule has 7 nitrogen and oxygen atoms in total. The van der Waals surface area contributed by atoms with Gasteiger partial charge < -0.3 is 15.3 Å². The summed E-state index contributed by atoms with van der Waals surface area (Å²) in [5.41, 5.74) is 3.85. The first kappa shape index (κ1) is 20.1. The summed E-state index contributed by atoms with van der Waals surface area (Å²) in [4.78, 5) is 18.7. The molecule has 2 fully saturated rings. The van der Waals surface area contributed by atoms with Gasteiger partial charge in [0, 0.05) is 50.0 Å². The van der Waals surface area contributed by atoms with E-state index in [1.54, 1.807) is 18.3 Å². The second-order valence-electron chi connectivity index (χ2n) is 8.48.